The highest BCUT2D eigenvalue weighted by atomic mass is 16.5. The first-order chi connectivity index (χ1) is 7.16. The summed E-state index contributed by atoms with van der Waals surface area (Å²) in [6.45, 7) is 1.88. The molecule has 1 rings (SSSR count). The van der Waals surface area contributed by atoms with Gasteiger partial charge in [-0.15, -0.1) is 0 Å². The Labute approximate surface area is 88.0 Å². The topological polar surface area (TPSA) is 69.4 Å². The van der Waals surface area contributed by atoms with Gasteiger partial charge in [-0.05, 0) is 6.92 Å². The first-order valence-corrected chi connectivity index (χ1v) is 4.68. The first kappa shape index (κ1) is 11.4. The van der Waals surface area contributed by atoms with Gasteiger partial charge in [0.25, 0.3) is 0 Å². The summed E-state index contributed by atoms with van der Waals surface area (Å²) in [6, 6.07) is 7.21. The zero-order chi connectivity index (χ0) is 11.3. The molecule has 0 aliphatic carbocycles. The molecule has 0 spiro atoms. The van der Waals surface area contributed by atoms with Crippen molar-refractivity contribution in [3.8, 4) is 0 Å². The fraction of sp³-hybridized carbons (Fsp3) is 0.273. The van der Waals surface area contributed by atoms with Gasteiger partial charge in [-0.3, -0.25) is 4.79 Å². The van der Waals surface area contributed by atoms with Crippen LogP contribution in [0.25, 0.3) is 0 Å². The summed E-state index contributed by atoms with van der Waals surface area (Å²) >= 11 is 0. The molecule has 0 amide bonds. The van der Waals surface area contributed by atoms with Gasteiger partial charge in [0.15, 0.2) is 11.8 Å². The molecule has 1 aromatic rings. The number of nitrogens with two attached hydrogens (primary N) is 1. The molecular weight excluding hydrogens is 194 g/mol. The van der Waals surface area contributed by atoms with Gasteiger partial charge >= 0.3 is 5.97 Å². The third-order valence-corrected chi connectivity index (χ3v) is 1.88. The zero-order valence-corrected chi connectivity index (χ0v) is 8.47. The molecule has 0 unspecified atom stereocenters. The Morgan fingerprint density at radius 3 is 2.47 bits per heavy atom. The van der Waals surface area contributed by atoms with Gasteiger partial charge in [0.1, 0.15) is 0 Å². The van der Waals surface area contributed by atoms with Crippen molar-refractivity contribution in [2.75, 3.05) is 6.61 Å². The molecule has 4 heteroatoms. The molecule has 80 valence electrons. The molecule has 0 heterocycles. The Bertz CT molecular complexity index is 348. The molecule has 0 radical (unpaired) electrons. The van der Waals surface area contributed by atoms with Crippen molar-refractivity contribution in [3.05, 3.63) is 35.9 Å². The van der Waals surface area contributed by atoms with E-state index in [1.54, 1.807) is 37.3 Å². The maximum Gasteiger partial charge on any atom is 0.331 e. The van der Waals surface area contributed by atoms with Gasteiger partial charge in [0.05, 0.1) is 6.61 Å². The van der Waals surface area contributed by atoms with Crippen LogP contribution in [0.4, 0.5) is 0 Å². The Morgan fingerprint density at radius 1 is 1.33 bits per heavy atom. The maximum atomic E-state index is 11.6. The normalized spacial score (nSPS) is 11.9. The summed E-state index contributed by atoms with van der Waals surface area (Å²) in [6.07, 6.45) is 0. The van der Waals surface area contributed by atoms with Crippen LogP contribution in [0.5, 0.6) is 0 Å². The predicted octanol–water partition coefficient (Wildman–Crippen LogP) is 0.760. The highest BCUT2D eigenvalue weighted by Crippen LogP contribution is 2.03. The van der Waals surface area contributed by atoms with E-state index in [0.29, 0.717) is 5.56 Å². The largest absolute Gasteiger partial charge is 0.464 e. The van der Waals surface area contributed by atoms with Crippen LogP contribution in [-0.2, 0) is 9.53 Å². The predicted molar refractivity (Wildman–Crippen MR) is 55.4 cm³/mol. The summed E-state index contributed by atoms with van der Waals surface area (Å²) in [5.41, 5.74) is 5.87. The number of hydrogen-bond acceptors (Lipinski definition) is 4. The van der Waals surface area contributed by atoms with Crippen LogP contribution in [0, 0.1) is 0 Å². The summed E-state index contributed by atoms with van der Waals surface area (Å²) in [5.74, 6) is -1.11. The second-order valence-corrected chi connectivity index (χ2v) is 2.96. The number of rotatable bonds is 4. The monoisotopic (exact) mass is 207 g/mol. The minimum absolute atomic E-state index is 0.217. The van der Waals surface area contributed by atoms with E-state index >= 15 is 0 Å². The lowest BCUT2D eigenvalue weighted by Crippen LogP contribution is -2.40. The molecule has 0 saturated carbocycles. The zero-order valence-electron chi connectivity index (χ0n) is 8.47. The standard InChI is InChI=1S/C11H13NO3/c1-2-15-11(14)9(12)10(13)8-6-4-3-5-7-8/h3-7,9H,2,12H2,1H3/t9-/m0/s1. The molecule has 2 N–H and O–H groups in total. The van der Waals surface area contributed by atoms with E-state index in [-0.39, 0.29) is 6.61 Å². The van der Waals surface area contributed by atoms with Crippen molar-refractivity contribution in [1.82, 2.24) is 0 Å². The molecule has 0 aliphatic rings. The molecule has 4 nitrogen and oxygen atoms in total. The van der Waals surface area contributed by atoms with Crippen LogP contribution in [0.1, 0.15) is 17.3 Å². The molecule has 1 aromatic carbocycles. The molecule has 15 heavy (non-hydrogen) atoms. The maximum absolute atomic E-state index is 11.6. The minimum Gasteiger partial charge on any atom is -0.464 e. The Balaban J connectivity index is 2.73. The number of Topliss-reactive ketones (excluding diaryl/α,β-unsaturated/α-hetero) is 1. The van der Waals surface area contributed by atoms with Crippen LogP contribution >= 0.6 is 0 Å². The SMILES string of the molecule is CCOC(=O)[C@@H](N)C(=O)c1ccccc1. The van der Waals surface area contributed by atoms with Crippen LogP contribution in [0.15, 0.2) is 30.3 Å². The van der Waals surface area contributed by atoms with E-state index < -0.39 is 17.8 Å². The minimum atomic E-state index is -1.23. The number of esters is 1. The average Bonchev–Trinajstić information content (AvgIpc) is 2.28. The second-order valence-electron chi connectivity index (χ2n) is 2.96. The number of ether oxygens (including phenoxy) is 1. The first-order valence-electron chi connectivity index (χ1n) is 4.68. The third kappa shape index (κ3) is 2.89. The molecular formula is C11H13NO3. The fourth-order valence-corrected chi connectivity index (χ4v) is 1.12. The number of carbonyl (C=O) groups excluding carboxylic acids is 2. The van der Waals surface area contributed by atoms with Crippen LogP contribution in [0.2, 0.25) is 0 Å². The van der Waals surface area contributed by atoms with Crippen molar-refractivity contribution < 1.29 is 14.3 Å². The fourth-order valence-electron chi connectivity index (χ4n) is 1.12. The van der Waals surface area contributed by atoms with Gasteiger partial charge in [-0.1, -0.05) is 30.3 Å². The lowest BCUT2D eigenvalue weighted by Gasteiger charge is -2.08. The van der Waals surface area contributed by atoms with Crippen LogP contribution < -0.4 is 5.73 Å². The average molecular weight is 207 g/mol. The summed E-state index contributed by atoms with van der Waals surface area (Å²) in [4.78, 5) is 22.8. The van der Waals surface area contributed by atoms with E-state index in [1.165, 1.54) is 0 Å². The van der Waals surface area contributed by atoms with E-state index in [0.717, 1.165) is 0 Å². The molecule has 0 aromatic heterocycles. The highest BCUT2D eigenvalue weighted by molar-refractivity contribution is 6.11. The number of ketones is 1. The van der Waals surface area contributed by atoms with Crippen molar-refractivity contribution in [3.63, 3.8) is 0 Å². The van der Waals surface area contributed by atoms with E-state index in [1.807, 2.05) is 0 Å². The van der Waals surface area contributed by atoms with Crippen LogP contribution in [-0.4, -0.2) is 24.4 Å². The number of carbonyl (C=O) groups is 2. The van der Waals surface area contributed by atoms with Crippen LogP contribution in [0.3, 0.4) is 0 Å². The Kier molecular flexibility index (Phi) is 4.00. The Morgan fingerprint density at radius 2 is 1.93 bits per heavy atom. The van der Waals surface area contributed by atoms with Gasteiger partial charge in [-0.2, -0.15) is 0 Å². The van der Waals surface area contributed by atoms with Crippen molar-refractivity contribution in [1.29, 1.82) is 0 Å². The molecule has 1 atom stereocenters. The van der Waals surface area contributed by atoms with Crippen molar-refractivity contribution in [2.45, 2.75) is 13.0 Å². The second kappa shape index (κ2) is 5.26. The Hall–Kier alpha value is -1.68. The van der Waals surface area contributed by atoms with Gasteiger partial charge in [-0.25, -0.2) is 4.79 Å². The highest BCUT2D eigenvalue weighted by Gasteiger charge is 2.24. The van der Waals surface area contributed by atoms with E-state index in [9.17, 15) is 9.59 Å². The van der Waals surface area contributed by atoms with Crippen molar-refractivity contribution in [2.24, 2.45) is 5.73 Å². The smallest absolute Gasteiger partial charge is 0.331 e. The van der Waals surface area contributed by atoms with Gasteiger partial charge in [0.2, 0.25) is 0 Å². The summed E-state index contributed by atoms with van der Waals surface area (Å²) in [7, 11) is 0. The summed E-state index contributed by atoms with van der Waals surface area (Å²) < 4.78 is 4.66. The lowest BCUT2D eigenvalue weighted by atomic mass is 10.1. The summed E-state index contributed by atoms with van der Waals surface area (Å²) in [5, 5.41) is 0. The van der Waals surface area contributed by atoms with Gasteiger partial charge in [0, 0.05) is 5.56 Å². The molecule has 0 saturated heterocycles. The van der Waals surface area contributed by atoms with E-state index in [2.05, 4.69) is 4.74 Å². The number of hydrogen-bond donors (Lipinski definition) is 1. The van der Waals surface area contributed by atoms with Crippen molar-refractivity contribution >= 4 is 11.8 Å². The molecule has 0 aliphatic heterocycles. The number of benzene rings is 1. The van der Waals surface area contributed by atoms with E-state index in [4.69, 9.17) is 5.73 Å². The molecule has 0 bridgehead atoms. The van der Waals surface area contributed by atoms with Gasteiger partial charge < -0.3 is 10.5 Å². The quantitative estimate of drug-likeness (QED) is 0.449. The molecule has 0 fully saturated rings. The third-order valence-electron chi connectivity index (χ3n) is 1.88. The lowest BCUT2D eigenvalue weighted by molar-refractivity contribution is -0.143.